The summed E-state index contributed by atoms with van der Waals surface area (Å²) >= 11 is 0. The van der Waals surface area contributed by atoms with Gasteiger partial charge in [-0.1, -0.05) is 57.4 Å². The third-order valence-corrected chi connectivity index (χ3v) is 4.76. The van der Waals surface area contributed by atoms with E-state index in [1.54, 1.807) is 0 Å². The lowest BCUT2D eigenvalue weighted by molar-refractivity contribution is -0.0910. The first-order valence-corrected chi connectivity index (χ1v) is 8.72. The van der Waals surface area contributed by atoms with Gasteiger partial charge in [-0.15, -0.1) is 0 Å². The topological polar surface area (TPSA) is 21.3 Å². The Morgan fingerprint density at radius 2 is 1.90 bits per heavy atom. The highest BCUT2D eigenvalue weighted by Crippen LogP contribution is 2.41. The Morgan fingerprint density at radius 3 is 2.52 bits per heavy atom. The lowest BCUT2D eigenvalue weighted by Crippen LogP contribution is -2.47. The van der Waals surface area contributed by atoms with E-state index in [-0.39, 0.29) is 5.60 Å². The molecule has 1 atom stereocenters. The van der Waals surface area contributed by atoms with Gasteiger partial charge >= 0.3 is 0 Å². The smallest absolute Gasteiger partial charge is 0.0876 e. The Bertz CT molecular complexity index is 418. The first-order chi connectivity index (χ1) is 10.3. The molecule has 0 saturated heterocycles. The summed E-state index contributed by atoms with van der Waals surface area (Å²) in [6.45, 7) is 8.33. The SMILES string of the molecule is CCNC(c1cccc(CC)c1)C1(OCC)CCCCC1. The molecule has 0 aliphatic heterocycles. The summed E-state index contributed by atoms with van der Waals surface area (Å²) in [5.41, 5.74) is 2.79. The van der Waals surface area contributed by atoms with Crippen LogP contribution < -0.4 is 5.32 Å². The molecule has 118 valence electrons. The Kier molecular flexibility index (Phi) is 6.25. The maximum Gasteiger partial charge on any atom is 0.0876 e. The van der Waals surface area contributed by atoms with E-state index in [2.05, 4.69) is 50.4 Å². The molecule has 0 aromatic heterocycles. The summed E-state index contributed by atoms with van der Waals surface area (Å²) in [5.74, 6) is 0. The molecular weight excluding hydrogens is 258 g/mol. The number of ether oxygens (including phenoxy) is 1. The standard InChI is InChI=1S/C19H31NO/c1-4-16-11-10-12-17(15-16)18(20-5-2)19(21-6-3)13-8-7-9-14-19/h10-12,15,18,20H,4-9,13-14H2,1-3H3. The largest absolute Gasteiger partial charge is 0.373 e. The van der Waals surface area contributed by atoms with Gasteiger partial charge in [-0.05, 0) is 43.9 Å². The molecule has 2 nitrogen and oxygen atoms in total. The summed E-state index contributed by atoms with van der Waals surface area (Å²) in [7, 11) is 0. The number of aryl methyl sites for hydroxylation is 1. The molecule has 1 aliphatic carbocycles. The van der Waals surface area contributed by atoms with Crippen molar-refractivity contribution in [1.82, 2.24) is 5.32 Å². The Labute approximate surface area is 130 Å². The molecule has 1 N–H and O–H groups in total. The van der Waals surface area contributed by atoms with Crippen LogP contribution in [0.5, 0.6) is 0 Å². The maximum atomic E-state index is 6.35. The molecule has 1 aromatic carbocycles. The van der Waals surface area contributed by atoms with Gasteiger partial charge in [0.25, 0.3) is 0 Å². The Hall–Kier alpha value is -0.860. The van der Waals surface area contributed by atoms with Crippen molar-refractivity contribution in [1.29, 1.82) is 0 Å². The normalized spacial score (nSPS) is 19.4. The minimum atomic E-state index is -0.0185. The van der Waals surface area contributed by atoms with E-state index in [1.807, 2.05) is 0 Å². The summed E-state index contributed by atoms with van der Waals surface area (Å²) in [6.07, 6.45) is 7.37. The van der Waals surface area contributed by atoms with Crippen molar-refractivity contribution in [3.05, 3.63) is 35.4 Å². The van der Waals surface area contributed by atoms with Crippen LogP contribution in [0, 0.1) is 0 Å². The summed E-state index contributed by atoms with van der Waals surface area (Å²) in [6, 6.07) is 9.36. The molecular formula is C19H31NO. The fourth-order valence-corrected chi connectivity index (χ4v) is 3.76. The van der Waals surface area contributed by atoms with Crippen LogP contribution in [0.1, 0.15) is 70.0 Å². The average Bonchev–Trinajstić information content (AvgIpc) is 2.53. The zero-order chi connectivity index (χ0) is 15.1. The first kappa shape index (κ1) is 16.5. The van der Waals surface area contributed by atoms with Crippen LogP contribution in [-0.2, 0) is 11.2 Å². The van der Waals surface area contributed by atoms with Crippen molar-refractivity contribution < 1.29 is 4.74 Å². The van der Waals surface area contributed by atoms with Crippen LogP contribution in [0.2, 0.25) is 0 Å². The molecule has 1 unspecified atom stereocenters. The number of nitrogens with one attached hydrogen (secondary N) is 1. The maximum absolute atomic E-state index is 6.35. The van der Waals surface area contributed by atoms with Gasteiger partial charge in [0, 0.05) is 6.61 Å². The molecule has 0 radical (unpaired) electrons. The molecule has 2 heteroatoms. The highest BCUT2D eigenvalue weighted by Gasteiger charge is 2.41. The summed E-state index contributed by atoms with van der Waals surface area (Å²) < 4.78 is 6.35. The van der Waals surface area contributed by atoms with Crippen LogP contribution >= 0.6 is 0 Å². The van der Waals surface area contributed by atoms with Crippen LogP contribution in [0.15, 0.2) is 24.3 Å². The van der Waals surface area contributed by atoms with Crippen LogP contribution in [0.4, 0.5) is 0 Å². The Balaban J connectivity index is 2.33. The zero-order valence-electron chi connectivity index (χ0n) is 14.0. The van der Waals surface area contributed by atoms with Crippen molar-refractivity contribution in [3.63, 3.8) is 0 Å². The fourth-order valence-electron chi connectivity index (χ4n) is 3.76. The van der Waals surface area contributed by atoms with Crippen LogP contribution in [-0.4, -0.2) is 18.8 Å². The highest BCUT2D eigenvalue weighted by atomic mass is 16.5. The molecule has 0 spiro atoms. The van der Waals surface area contributed by atoms with Crippen molar-refractivity contribution in [2.24, 2.45) is 0 Å². The molecule has 1 fully saturated rings. The van der Waals surface area contributed by atoms with Crippen molar-refractivity contribution in [2.75, 3.05) is 13.2 Å². The molecule has 0 heterocycles. The van der Waals surface area contributed by atoms with E-state index >= 15 is 0 Å². The van der Waals surface area contributed by atoms with Crippen molar-refractivity contribution in [3.8, 4) is 0 Å². The number of benzene rings is 1. The second-order valence-electron chi connectivity index (χ2n) is 6.15. The van der Waals surface area contributed by atoms with Crippen LogP contribution in [0.3, 0.4) is 0 Å². The van der Waals surface area contributed by atoms with Gasteiger partial charge in [-0.25, -0.2) is 0 Å². The van der Waals surface area contributed by atoms with Gasteiger partial charge in [0.05, 0.1) is 11.6 Å². The number of hydrogen-bond acceptors (Lipinski definition) is 2. The molecule has 2 rings (SSSR count). The molecule has 1 saturated carbocycles. The monoisotopic (exact) mass is 289 g/mol. The van der Waals surface area contributed by atoms with Gasteiger partial charge in [0.1, 0.15) is 0 Å². The van der Waals surface area contributed by atoms with Crippen molar-refractivity contribution in [2.45, 2.75) is 70.9 Å². The first-order valence-electron chi connectivity index (χ1n) is 8.72. The van der Waals surface area contributed by atoms with Crippen molar-refractivity contribution >= 4 is 0 Å². The molecule has 1 aliphatic rings. The highest BCUT2D eigenvalue weighted by molar-refractivity contribution is 5.28. The lowest BCUT2D eigenvalue weighted by atomic mass is 9.76. The summed E-state index contributed by atoms with van der Waals surface area (Å²) in [4.78, 5) is 0. The second kappa shape index (κ2) is 7.95. The minimum Gasteiger partial charge on any atom is -0.373 e. The minimum absolute atomic E-state index is 0.0185. The van der Waals surface area contributed by atoms with E-state index in [1.165, 1.54) is 43.2 Å². The molecule has 21 heavy (non-hydrogen) atoms. The van der Waals surface area contributed by atoms with E-state index in [0.717, 1.165) is 19.6 Å². The van der Waals surface area contributed by atoms with Gasteiger partial charge in [-0.2, -0.15) is 0 Å². The van der Waals surface area contributed by atoms with Gasteiger partial charge in [-0.3, -0.25) is 0 Å². The number of rotatable bonds is 7. The van der Waals surface area contributed by atoms with Crippen LogP contribution in [0.25, 0.3) is 0 Å². The quantitative estimate of drug-likeness (QED) is 0.789. The molecule has 1 aromatic rings. The van der Waals surface area contributed by atoms with Gasteiger partial charge in [0.2, 0.25) is 0 Å². The summed E-state index contributed by atoms with van der Waals surface area (Å²) in [5, 5.41) is 3.72. The predicted molar refractivity (Wildman–Crippen MR) is 89.7 cm³/mol. The lowest BCUT2D eigenvalue weighted by Gasteiger charge is -2.44. The second-order valence-corrected chi connectivity index (χ2v) is 6.15. The zero-order valence-corrected chi connectivity index (χ0v) is 14.0. The van der Waals surface area contributed by atoms with E-state index in [9.17, 15) is 0 Å². The Morgan fingerprint density at radius 1 is 1.14 bits per heavy atom. The van der Waals surface area contributed by atoms with Gasteiger partial charge in [0.15, 0.2) is 0 Å². The van der Waals surface area contributed by atoms with Gasteiger partial charge < -0.3 is 10.1 Å². The molecule has 0 amide bonds. The number of hydrogen-bond donors (Lipinski definition) is 1. The third kappa shape index (κ3) is 3.87. The third-order valence-electron chi connectivity index (χ3n) is 4.76. The van der Waals surface area contributed by atoms with E-state index in [4.69, 9.17) is 4.74 Å². The number of likely N-dealkylation sites (N-methyl/N-ethyl adjacent to an activating group) is 1. The predicted octanol–water partition coefficient (Wildman–Crippen LogP) is 4.64. The fraction of sp³-hybridized carbons (Fsp3) is 0.684. The average molecular weight is 289 g/mol. The van der Waals surface area contributed by atoms with E-state index in [0.29, 0.717) is 6.04 Å². The van der Waals surface area contributed by atoms with E-state index < -0.39 is 0 Å². The molecule has 0 bridgehead atoms.